The largest absolute Gasteiger partial charge is 0.454 e. The van der Waals surface area contributed by atoms with E-state index in [2.05, 4.69) is 30.3 Å². The second kappa shape index (κ2) is 8.72. The van der Waals surface area contributed by atoms with Gasteiger partial charge in [0.15, 0.2) is 6.20 Å². The molecule has 2 heterocycles. The van der Waals surface area contributed by atoms with Gasteiger partial charge in [-0.15, -0.1) is 0 Å². The van der Waals surface area contributed by atoms with E-state index in [4.69, 9.17) is 4.42 Å². The highest BCUT2D eigenvalue weighted by molar-refractivity contribution is 6.14. The van der Waals surface area contributed by atoms with Gasteiger partial charge in [0, 0.05) is 28.0 Å². The molecule has 37 heavy (non-hydrogen) atoms. The van der Waals surface area contributed by atoms with Crippen molar-refractivity contribution in [2.45, 2.75) is 13.8 Å². The Kier molecular flexibility index (Phi) is 5.35. The van der Waals surface area contributed by atoms with Crippen molar-refractivity contribution in [3.8, 4) is 39.6 Å². The van der Waals surface area contributed by atoms with Crippen LogP contribution < -0.4 is 4.57 Å². The number of benzene rings is 4. The lowest BCUT2D eigenvalue weighted by Gasteiger charge is -2.07. The number of hydrogen-bond acceptors (Lipinski definition) is 2. The fraction of sp³-hybridized carbons (Fsp3) is 0.0909. The average Bonchev–Trinajstić information content (AvgIpc) is 3.29. The Morgan fingerprint density at radius 2 is 1.35 bits per heavy atom. The van der Waals surface area contributed by atoms with Gasteiger partial charge in [-0.1, -0.05) is 66.7 Å². The standard InChI is InChI=1S/C33H24FN2O/c1-20-9-15-26-27-16-14-25(18-35)31(24-12-10-23(11-13-24)22-7-5-4-6-8-22)33(27)37-32(26)30(20)29-17-28(34)21(2)19-36(29)3/h4-17,19H,1-3H3/q+1. The Morgan fingerprint density at radius 1 is 0.730 bits per heavy atom. The minimum atomic E-state index is -0.258. The topological polar surface area (TPSA) is 40.8 Å². The maximum Gasteiger partial charge on any atom is 0.219 e. The zero-order chi connectivity index (χ0) is 25.7. The number of hydrogen-bond donors (Lipinski definition) is 0. The van der Waals surface area contributed by atoms with Gasteiger partial charge < -0.3 is 4.42 Å². The van der Waals surface area contributed by atoms with Crippen LogP contribution in [-0.4, -0.2) is 0 Å². The Balaban J connectivity index is 1.61. The molecule has 2 aromatic heterocycles. The highest BCUT2D eigenvalue weighted by Gasteiger charge is 2.24. The summed E-state index contributed by atoms with van der Waals surface area (Å²) in [6.07, 6.45) is 1.79. The van der Waals surface area contributed by atoms with Gasteiger partial charge in [0.1, 0.15) is 24.0 Å². The van der Waals surface area contributed by atoms with Crippen molar-refractivity contribution in [2.75, 3.05) is 0 Å². The first-order valence-electron chi connectivity index (χ1n) is 12.2. The molecule has 178 valence electrons. The van der Waals surface area contributed by atoms with Crippen LogP contribution in [0.5, 0.6) is 0 Å². The van der Waals surface area contributed by atoms with Crippen molar-refractivity contribution in [1.29, 1.82) is 5.26 Å². The molecule has 3 nitrogen and oxygen atoms in total. The molecule has 0 spiro atoms. The number of nitrogens with zero attached hydrogens (tertiary/aromatic N) is 2. The number of fused-ring (bicyclic) bond motifs is 3. The molecular weight excluding hydrogens is 459 g/mol. The molecule has 0 amide bonds. The molecular formula is C33H24FN2O+. The van der Waals surface area contributed by atoms with Gasteiger partial charge in [-0.3, -0.25) is 0 Å². The van der Waals surface area contributed by atoms with E-state index in [0.29, 0.717) is 22.3 Å². The minimum Gasteiger partial charge on any atom is -0.454 e. The maximum absolute atomic E-state index is 14.6. The van der Waals surface area contributed by atoms with E-state index in [0.717, 1.165) is 49.8 Å². The third kappa shape index (κ3) is 3.68. The van der Waals surface area contributed by atoms with Crippen LogP contribution in [0.2, 0.25) is 0 Å². The van der Waals surface area contributed by atoms with Gasteiger partial charge in [0.05, 0.1) is 17.2 Å². The SMILES string of the molecule is Cc1c[n+](C)c(-c2c(C)ccc3c2oc2c(-c4ccc(-c5ccccc5)cc4)c(C#N)ccc23)cc1F. The predicted molar refractivity (Wildman–Crippen MR) is 145 cm³/mol. The first-order valence-corrected chi connectivity index (χ1v) is 12.2. The molecule has 0 fully saturated rings. The summed E-state index contributed by atoms with van der Waals surface area (Å²) in [5, 5.41) is 11.8. The highest BCUT2D eigenvalue weighted by Crippen LogP contribution is 2.42. The van der Waals surface area contributed by atoms with E-state index in [1.165, 1.54) is 0 Å². The number of nitriles is 1. The fourth-order valence-corrected chi connectivity index (χ4v) is 5.17. The van der Waals surface area contributed by atoms with E-state index >= 15 is 0 Å². The highest BCUT2D eigenvalue weighted by atomic mass is 19.1. The van der Waals surface area contributed by atoms with Gasteiger partial charge in [-0.2, -0.15) is 5.26 Å². The molecule has 4 aromatic carbocycles. The van der Waals surface area contributed by atoms with Gasteiger partial charge in [0.2, 0.25) is 5.69 Å². The van der Waals surface area contributed by atoms with Crippen molar-refractivity contribution in [2.24, 2.45) is 7.05 Å². The fourth-order valence-electron chi connectivity index (χ4n) is 5.17. The van der Waals surface area contributed by atoms with E-state index < -0.39 is 0 Å². The summed E-state index contributed by atoms with van der Waals surface area (Å²) >= 11 is 0. The van der Waals surface area contributed by atoms with Crippen molar-refractivity contribution < 1.29 is 13.4 Å². The van der Waals surface area contributed by atoms with E-state index in [1.807, 2.05) is 73.1 Å². The van der Waals surface area contributed by atoms with Crippen molar-refractivity contribution in [3.05, 3.63) is 114 Å². The van der Waals surface area contributed by atoms with Crippen LogP contribution in [0.15, 0.2) is 95.5 Å². The molecule has 0 saturated heterocycles. The Hall–Kier alpha value is -4.75. The molecule has 6 aromatic rings. The minimum absolute atomic E-state index is 0.258. The number of rotatable bonds is 3. The van der Waals surface area contributed by atoms with E-state index in [9.17, 15) is 9.65 Å². The molecule has 0 radical (unpaired) electrons. The summed E-state index contributed by atoms with van der Waals surface area (Å²) in [4.78, 5) is 0. The quantitative estimate of drug-likeness (QED) is 0.239. The number of halogens is 1. The molecule has 0 unspecified atom stereocenters. The number of aromatic nitrogens is 1. The van der Waals surface area contributed by atoms with Gasteiger partial charge in [-0.25, -0.2) is 8.96 Å². The lowest BCUT2D eigenvalue weighted by atomic mass is 9.95. The first-order chi connectivity index (χ1) is 18.0. The summed E-state index contributed by atoms with van der Waals surface area (Å²) in [6.45, 7) is 3.76. The molecule has 0 atom stereocenters. The third-order valence-electron chi connectivity index (χ3n) is 7.08. The van der Waals surface area contributed by atoms with Crippen LogP contribution in [0.4, 0.5) is 4.39 Å². The lowest BCUT2D eigenvalue weighted by molar-refractivity contribution is -0.661. The van der Waals surface area contributed by atoms with Crippen molar-refractivity contribution in [3.63, 3.8) is 0 Å². The van der Waals surface area contributed by atoms with Crippen LogP contribution in [0, 0.1) is 31.0 Å². The molecule has 4 heteroatoms. The molecule has 0 aliphatic rings. The first kappa shape index (κ1) is 22.7. The molecule has 0 saturated carbocycles. The summed E-state index contributed by atoms with van der Waals surface area (Å²) in [5.74, 6) is -0.258. The number of furan rings is 1. The Labute approximate surface area is 214 Å². The van der Waals surface area contributed by atoms with Gasteiger partial charge in [0.25, 0.3) is 0 Å². The average molecular weight is 484 g/mol. The third-order valence-corrected chi connectivity index (χ3v) is 7.08. The molecule has 0 aliphatic carbocycles. The van der Waals surface area contributed by atoms with Gasteiger partial charge >= 0.3 is 0 Å². The van der Waals surface area contributed by atoms with Crippen LogP contribution in [0.1, 0.15) is 16.7 Å². The van der Waals surface area contributed by atoms with E-state index in [1.54, 1.807) is 19.2 Å². The van der Waals surface area contributed by atoms with Crippen LogP contribution in [0.25, 0.3) is 55.4 Å². The van der Waals surface area contributed by atoms with Crippen molar-refractivity contribution in [1.82, 2.24) is 0 Å². The summed E-state index contributed by atoms with van der Waals surface area (Å²) in [6, 6.07) is 30.2. The second-order valence-electron chi connectivity index (χ2n) is 9.46. The predicted octanol–water partition coefficient (Wildman–Crippen LogP) is 8.04. The number of aryl methyl sites for hydroxylation is 3. The molecule has 0 N–H and O–H groups in total. The van der Waals surface area contributed by atoms with Gasteiger partial charge in [-0.05, 0) is 48.2 Å². The second-order valence-corrected chi connectivity index (χ2v) is 9.46. The molecule has 6 rings (SSSR count). The normalized spacial score (nSPS) is 11.2. The summed E-state index contributed by atoms with van der Waals surface area (Å²) < 4.78 is 23.2. The maximum atomic E-state index is 14.6. The van der Waals surface area contributed by atoms with E-state index in [-0.39, 0.29) is 5.82 Å². The monoisotopic (exact) mass is 483 g/mol. The Morgan fingerprint density at radius 3 is 2.05 bits per heavy atom. The summed E-state index contributed by atoms with van der Waals surface area (Å²) in [5.41, 5.74) is 8.95. The summed E-state index contributed by atoms with van der Waals surface area (Å²) in [7, 11) is 1.91. The van der Waals surface area contributed by atoms with Crippen molar-refractivity contribution >= 4 is 21.9 Å². The van der Waals surface area contributed by atoms with Crippen LogP contribution >= 0.6 is 0 Å². The Bertz CT molecular complexity index is 1860. The van der Waals surface area contributed by atoms with Crippen LogP contribution in [-0.2, 0) is 7.05 Å². The van der Waals surface area contributed by atoms with Crippen LogP contribution in [0.3, 0.4) is 0 Å². The zero-order valence-corrected chi connectivity index (χ0v) is 20.8. The molecule has 0 aliphatic heterocycles. The molecule has 0 bridgehead atoms. The number of pyridine rings is 1. The smallest absolute Gasteiger partial charge is 0.219 e. The lowest BCUT2D eigenvalue weighted by Crippen LogP contribution is -2.31. The zero-order valence-electron chi connectivity index (χ0n) is 20.8.